The first-order valence-corrected chi connectivity index (χ1v) is 6.13. The maximum absolute atomic E-state index is 14.1. The molecule has 0 N–H and O–H groups in total. The molecule has 0 aliphatic heterocycles. The third-order valence-electron chi connectivity index (χ3n) is 2.74. The zero-order chi connectivity index (χ0) is 13.8. The van der Waals surface area contributed by atoms with Gasteiger partial charge in [0, 0.05) is 12.4 Å². The summed E-state index contributed by atoms with van der Waals surface area (Å²) in [5.74, 6) is 0.391. The zero-order valence-electron chi connectivity index (χ0n) is 10.5. The highest BCUT2D eigenvalue weighted by atomic mass is 19.1. The average molecular weight is 266 g/mol. The van der Waals surface area contributed by atoms with Gasteiger partial charge in [-0.3, -0.25) is 4.98 Å². The van der Waals surface area contributed by atoms with Crippen molar-refractivity contribution in [3.8, 4) is 22.9 Å². The molecule has 2 heterocycles. The van der Waals surface area contributed by atoms with Crippen LogP contribution in [0, 0.1) is 5.82 Å². The van der Waals surface area contributed by atoms with Crippen molar-refractivity contribution in [3.05, 3.63) is 72.8 Å². The molecule has 0 spiro atoms. The number of para-hydroxylation sites is 1. The Hall–Kier alpha value is -2.75. The van der Waals surface area contributed by atoms with Crippen molar-refractivity contribution in [2.24, 2.45) is 0 Å². The Morgan fingerprint density at radius 1 is 0.800 bits per heavy atom. The van der Waals surface area contributed by atoms with Crippen molar-refractivity contribution < 1.29 is 9.13 Å². The molecule has 0 saturated carbocycles. The van der Waals surface area contributed by atoms with E-state index in [-0.39, 0.29) is 11.4 Å². The number of pyridine rings is 2. The molecule has 0 radical (unpaired) electrons. The Balaban J connectivity index is 2.06. The van der Waals surface area contributed by atoms with Gasteiger partial charge in [-0.2, -0.15) is 0 Å². The van der Waals surface area contributed by atoms with Crippen LogP contribution in [0.2, 0.25) is 0 Å². The van der Waals surface area contributed by atoms with Crippen molar-refractivity contribution in [2.45, 2.75) is 0 Å². The number of hydrogen-bond donors (Lipinski definition) is 0. The summed E-state index contributed by atoms with van der Waals surface area (Å²) in [6.07, 6.45) is 2.98. The summed E-state index contributed by atoms with van der Waals surface area (Å²) in [5, 5.41) is 0. The van der Waals surface area contributed by atoms with Crippen molar-refractivity contribution in [1.82, 2.24) is 9.97 Å². The third kappa shape index (κ3) is 2.49. The van der Waals surface area contributed by atoms with Gasteiger partial charge >= 0.3 is 0 Å². The van der Waals surface area contributed by atoms with E-state index < -0.39 is 5.82 Å². The summed E-state index contributed by atoms with van der Waals surface area (Å²) in [4.78, 5) is 8.26. The Labute approximate surface area is 115 Å². The Bertz CT molecular complexity index is 702. The second kappa shape index (κ2) is 5.48. The van der Waals surface area contributed by atoms with E-state index in [0.717, 1.165) is 0 Å². The molecule has 0 aliphatic rings. The molecule has 3 nitrogen and oxygen atoms in total. The molecule has 0 bridgehead atoms. The molecule has 0 aliphatic carbocycles. The standard InChI is InChI=1S/C16H11FN2O/c17-13-9-11-19-16(20-12-6-2-1-3-7-12)15(13)14-8-4-5-10-18-14/h1-11H. The van der Waals surface area contributed by atoms with E-state index in [9.17, 15) is 4.39 Å². The Morgan fingerprint density at radius 2 is 1.60 bits per heavy atom. The lowest BCUT2D eigenvalue weighted by molar-refractivity contribution is 0.459. The van der Waals surface area contributed by atoms with Gasteiger partial charge in [0.1, 0.15) is 11.6 Å². The molecule has 4 heteroatoms. The minimum atomic E-state index is -0.412. The smallest absolute Gasteiger partial charge is 0.231 e. The van der Waals surface area contributed by atoms with Crippen LogP contribution in [-0.4, -0.2) is 9.97 Å². The average Bonchev–Trinajstić information content (AvgIpc) is 2.49. The van der Waals surface area contributed by atoms with Crippen LogP contribution >= 0.6 is 0 Å². The third-order valence-corrected chi connectivity index (χ3v) is 2.74. The highest BCUT2D eigenvalue weighted by Crippen LogP contribution is 2.32. The van der Waals surface area contributed by atoms with Crippen LogP contribution in [-0.2, 0) is 0 Å². The largest absolute Gasteiger partial charge is 0.438 e. The lowest BCUT2D eigenvalue weighted by Gasteiger charge is -2.10. The zero-order valence-corrected chi connectivity index (χ0v) is 10.5. The van der Waals surface area contributed by atoms with Gasteiger partial charge in [-0.1, -0.05) is 24.3 Å². The summed E-state index contributed by atoms with van der Waals surface area (Å²) in [6.45, 7) is 0. The first-order valence-electron chi connectivity index (χ1n) is 6.13. The fourth-order valence-corrected chi connectivity index (χ4v) is 1.84. The van der Waals surface area contributed by atoms with Crippen LogP contribution in [0.4, 0.5) is 4.39 Å². The number of rotatable bonds is 3. The molecule has 1 aromatic carbocycles. The molecule has 0 saturated heterocycles. The molecular formula is C16H11FN2O. The number of nitrogens with zero attached hydrogens (tertiary/aromatic N) is 2. The van der Waals surface area contributed by atoms with E-state index in [0.29, 0.717) is 11.4 Å². The van der Waals surface area contributed by atoms with Gasteiger partial charge < -0.3 is 4.74 Å². The quantitative estimate of drug-likeness (QED) is 0.716. The van der Waals surface area contributed by atoms with Crippen LogP contribution in [0.3, 0.4) is 0 Å². The highest BCUT2D eigenvalue weighted by molar-refractivity contribution is 5.65. The second-order valence-corrected chi connectivity index (χ2v) is 4.10. The van der Waals surface area contributed by atoms with Gasteiger partial charge in [0.2, 0.25) is 5.88 Å². The maximum atomic E-state index is 14.1. The van der Waals surface area contributed by atoms with Gasteiger partial charge in [0.15, 0.2) is 0 Å². The summed E-state index contributed by atoms with van der Waals surface area (Å²) < 4.78 is 19.7. The molecule has 0 atom stereocenters. The number of hydrogen-bond acceptors (Lipinski definition) is 3. The number of benzene rings is 1. The maximum Gasteiger partial charge on any atom is 0.231 e. The summed E-state index contributed by atoms with van der Waals surface area (Å²) in [7, 11) is 0. The van der Waals surface area contributed by atoms with Crippen LogP contribution < -0.4 is 4.74 Å². The molecule has 2 aromatic heterocycles. The van der Waals surface area contributed by atoms with Crippen LogP contribution in [0.1, 0.15) is 0 Å². The SMILES string of the molecule is Fc1ccnc(Oc2ccccc2)c1-c1ccccn1. The van der Waals surface area contributed by atoms with Gasteiger partial charge in [0.05, 0.1) is 11.3 Å². The first kappa shape index (κ1) is 12.3. The van der Waals surface area contributed by atoms with Gasteiger partial charge in [-0.05, 0) is 30.3 Å². The van der Waals surface area contributed by atoms with E-state index in [1.54, 1.807) is 36.5 Å². The van der Waals surface area contributed by atoms with Gasteiger partial charge in [0.25, 0.3) is 0 Å². The fourth-order valence-electron chi connectivity index (χ4n) is 1.84. The van der Waals surface area contributed by atoms with E-state index in [4.69, 9.17) is 4.74 Å². The Kier molecular flexibility index (Phi) is 3.37. The first-order chi connectivity index (χ1) is 9.84. The fraction of sp³-hybridized carbons (Fsp3) is 0. The number of aromatic nitrogens is 2. The second-order valence-electron chi connectivity index (χ2n) is 4.10. The number of ether oxygens (including phenoxy) is 1. The van der Waals surface area contributed by atoms with Crippen molar-refractivity contribution in [2.75, 3.05) is 0 Å². The predicted molar refractivity (Wildman–Crippen MR) is 73.9 cm³/mol. The van der Waals surface area contributed by atoms with Crippen molar-refractivity contribution in [1.29, 1.82) is 0 Å². The lowest BCUT2D eigenvalue weighted by atomic mass is 10.1. The van der Waals surface area contributed by atoms with Crippen LogP contribution in [0.25, 0.3) is 11.3 Å². The van der Waals surface area contributed by atoms with Gasteiger partial charge in [-0.15, -0.1) is 0 Å². The minimum absolute atomic E-state index is 0.204. The minimum Gasteiger partial charge on any atom is -0.438 e. The normalized spacial score (nSPS) is 10.2. The van der Waals surface area contributed by atoms with E-state index >= 15 is 0 Å². The summed E-state index contributed by atoms with van der Waals surface area (Å²) in [5.41, 5.74) is 0.751. The van der Waals surface area contributed by atoms with Crippen molar-refractivity contribution in [3.63, 3.8) is 0 Å². The molecule has 0 amide bonds. The molecule has 3 rings (SSSR count). The summed E-state index contributed by atoms with van der Waals surface area (Å²) >= 11 is 0. The summed E-state index contributed by atoms with van der Waals surface area (Å²) in [6, 6.07) is 15.7. The monoisotopic (exact) mass is 266 g/mol. The van der Waals surface area contributed by atoms with E-state index in [1.807, 2.05) is 18.2 Å². The molecule has 20 heavy (non-hydrogen) atoms. The molecule has 0 fully saturated rings. The molecular weight excluding hydrogens is 255 g/mol. The molecule has 0 unspecified atom stereocenters. The van der Waals surface area contributed by atoms with Crippen LogP contribution in [0.5, 0.6) is 11.6 Å². The highest BCUT2D eigenvalue weighted by Gasteiger charge is 2.15. The van der Waals surface area contributed by atoms with Crippen molar-refractivity contribution >= 4 is 0 Å². The predicted octanol–water partition coefficient (Wildman–Crippen LogP) is 4.08. The topological polar surface area (TPSA) is 35.0 Å². The Morgan fingerprint density at radius 3 is 2.35 bits per heavy atom. The van der Waals surface area contributed by atoms with E-state index in [2.05, 4.69) is 9.97 Å². The van der Waals surface area contributed by atoms with E-state index in [1.165, 1.54) is 12.3 Å². The van der Waals surface area contributed by atoms with Crippen LogP contribution in [0.15, 0.2) is 67.0 Å². The lowest BCUT2D eigenvalue weighted by Crippen LogP contribution is -1.95. The van der Waals surface area contributed by atoms with Gasteiger partial charge in [-0.25, -0.2) is 9.37 Å². The molecule has 98 valence electrons. The number of halogens is 1. The molecule has 3 aromatic rings.